The Balaban J connectivity index is 1.77. The smallest absolute Gasteiger partial charge is 0.207 e. The van der Waals surface area contributed by atoms with Crippen molar-refractivity contribution in [2.75, 3.05) is 13.1 Å². The van der Waals surface area contributed by atoms with E-state index in [1.807, 2.05) is 39.6 Å². The number of nitrogens with zero attached hydrogens (tertiary/aromatic N) is 3. The number of rotatable bonds is 4. The minimum Gasteiger partial charge on any atom is -0.393 e. The van der Waals surface area contributed by atoms with Crippen molar-refractivity contribution in [2.45, 2.75) is 32.5 Å². The van der Waals surface area contributed by atoms with Crippen LogP contribution in [-0.4, -0.2) is 38.6 Å². The highest BCUT2D eigenvalue weighted by atomic mass is 35.5. The van der Waals surface area contributed by atoms with Gasteiger partial charge in [0.1, 0.15) is 0 Å². The minimum absolute atomic E-state index is 0.175. The van der Waals surface area contributed by atoms with Crippen molar-refractivity contribution in [3.05, 3.63) is 63.9 Å². The number of nitrogens with one attached hydrogen (secondary N) is 1. The third-order valence-corrected chi connectivity index (χ3v) is 5.88. The highest BCUT2D eigenvalue weighted by Crippen LogP contribution is 2.24. The van der Waals surface area contributed by atoms with Crippen molar-refractivity contribution < 1.29 is 10.0 Å². The summed E-state index contributed by atoms with van der Waals surface area (Å²) in [6, 6.07) is 16.0. The number of aryl methyl sites for hydroxylation is 1. The normalized spacial score (nSPS) is 19.7. The second-order valence-corrected chi connectivity index (χ2v) is 8.23. The fourth-order valence-corrected chi connectivity index (χ4v) is 4.10. The first-order chi connectivity index (χ1) is 13.5. The molecule has 1 aromatic heterocycles. The van der Waals surface area contributed by atoms with Crippen LogP contribution in [0.1, 0.15) is 18.4 Å². The Morgan fingerprint density at radius 2 is 1.89 bits per heavy atom. The van der Waals surface area contributed by atoms with Crippen LogP contribution >= 0.6 is 23.8 Å². The summed E-state index contributed by atoms with van der Waals surface area (Å²) in [5, 5.41) is 15.3. The molecule has 1 aliphatic heterocycles. The van der Waals surface area contributed by atoms with Gasteiger partial charge < -0.3 is 10.0 Å². The SMILES string of the molecule is Cc1cccc(-n2c(-c3ccc(Cl)cc3)nn(C[NH+]3CCC(O)CC3)c2=S)c1. The quantitative estimate of drug-likeness (QED) is 0.644. The number of benzene rings is 2. The molecule has 4 rings (SSSR count). The van der Waals surface area contributed by atoms with Crippen LogP contribution in [0.15, 0.2) is 48.5 Å². The summed E-state index contributed by atoms with van der Waals surface area (Å²) in [4.78, 5) is 1.39. The zero-order valence-corrected chi connectivity index (χ0v) is 17.4. The number of aliphatic hydroxyl groups excluding tert-OH is 1. The third kappa shape index (κ3) is 4.05. The minimum atomic E-state index is -0.175. The van der Waals surface area contributed by atoms with E-state index in [1.165, 1.54) is 10.5 Å². The summed E-state index contributed by atoms with van der Waals surface area (Å²) in [6.07, 6.45) is 1.47. The van der Waals surface area contributed by atoms with Gasteiger partial charge in [0.25, 0.3) is 0 Å². The van der Waals surface area contributed by atoms with Crippen LogP contribution in [0.3, 0.4) is 0 Å². The second-order valence-electron chi connectivity index (χ2n) is 7.43. The van der Waals surface area contributed by atoms with Gasteiger partial charge in [-0.3, -0.25) is 4.57 Å². The molecule has 2 N–H and O–H groups in total. The predicted octanol–water partition coefficient (Wildman–Crippen LogP) is 3.03. The van der Waals surface area contributed by atoms with Gasteiger partial charge in [0, 0.05) is 23.4 Å². The average Bonchev–Trinajstić information content (AvgIpc) is 3.00. The Hall–Kier alpha value is -1.99. The largest absolute Gasteiger partial charge is 0.393 e. The van der Waals surface area contributed by atoms with E-state index in [0.717, 1.165) is 43.0 Å². The number of halogens is 1. The standard InChI is InChI=1S/C21H23ClN4OS/c1-15-3-2-4-18(13-15)26-20(16-5-7-17(22)8-6-16)23-25(21(26)28)14-24-11-9-19(27)10-12-24/h2-8,13,19,27H,9-12,14H2,1H3/p+1. The number of aromatic nitrogens is 3. The molecule has 0 bridgehead atoms. The molecule has 7 heteroatoms. The molecule has 0 atom stereocenters. The zero-order chi connectivity index (χ0) is 19.7. The Morgan fingerprint density at radius 1 is 1.18 bits per heavy atom. The summed E-state index contributed by atoms with van der Waals surface area (Å²) in [5.41, 5.74) is 3.15. The molecular weight excluding hydrogens is 392 g/mol. The summed E-state index contributed by atoms with van der Waals surface area (Å²) < 4.78 is 4.62. The first-order valence-electron chi connectivity index (χ1n) is 9.56. The van der Waals surface area contributed by atoms with Gasteiger partial charge in [-0.25, -0.2) is 0 Å². The molecule has 0 aliphatic carbocycles. The highest BCUT2D eigenvalue weighted by molar-refractivity contribution is 7.71. The van der Waals surface area contributed by atoms with Crippen molar-refractivity contribution in [1.29, 1.82) is 0 Å². The maximum absolute atomic E-state index is 9.77. The van der Waals surface area contributed by atoms with Gasteiger partial charge in [-0.1, -0.05) is 23.7 Å². The molecule has 0 amide bonds. The molecule has 1 fully saturated rings. The van der Waals surface area contributed by atoms with E-state index in [-0.39, 0.29) is 6.10 Å². The highest BCUT2D eigenvalue weighted by Gasteiger charge is 2.22. The molecule has 2 heterocycles. The van der Waals surface area contributed by atoms with E-state index in [9.17, 15) is 5.11 Å². The lowest BCUT2D eigenvalue weighted by Crippen LogP contribution is -3.12. The van der Waals surface area contributed by atoms with Crippen molar-refractivity contribution in [2.24, 2.45) is 0 Å². The molecule has 28 heavy (non-hydrogen) atoms. The van der Waals surface area contributed by atoms with Crippen LogP contribution in [0, 0.1) is 11.7 Å². The lowest BCUT2D eigenvalue weighted by molar-refractivity contribution is -0.929. The second kappa shape index (κ2) is 8.17. The van der Waals surface area contributed by atoms with Crippen molar-refractivity contribution in [3.8, 4) is 17.1 Å². The number of likely N-dealkylation sites (tertiary alicyclic amines) is 1. The molecular formula is C21H24ClN4OS+. The fraction of sp³-hybridized carbons (Fsp3) is 0.333. The molecule has 5 nitrogen and oxygen atoms in total. The van der Waals surface area contributed by atoms with E-state index >= 15 is 0 Å². The first kappa shape index (κ1) is 19.3. The number of hydrogen-bond acceptors (Lipinski definition) is 3. The molecule has 1 saturated heterocycles. The van der Waals surface area contributed by atoms with Crippen LogP contribution in [0.4, 0.5) is 0 Å². The number of quaternary nitrogens is 1. The third-order valence-electron chi connectivity index (χ3n) is 5.24. The Kier molecular flexibility index (Phi) is 5.64. The van der Waals surface area contributed by atoms with Crippen LogP contribution < -0.4 is 4.90 Å². The van der Waals surface area contributed by atoms with Crippen molar-refractivity contribution >= 4 is 23.8 Å². The van der Waals surface area contributed by atoms with E-state index < -0.39 is 0 Å². The van der Waals surface area contributed by atoms with E-state index in [1.54, 1.807) is 0 Å². The van der Waals surface area contributed by atoms with Gasteiger partial charge in [-0.05, 0) is 61.1 Å². The maximum Gasteiger partial charge on any atom is 0.207 e. The molecule has 1 aliphatic rings. The summed E-state index contributed by atoms with van der Waals surface area (Å²) in [5.74, 6) is 0.809. The topological polar surface area (TPSA) is 47.4 Å². The summed E-state index contributed by atoms with van der Waals surface area (Å²) in [6.45, 7) is 4.63. The van der Waals surface area contributed by atoms with Crippen LogP contribution in [0.2, 0.25) is 5.02 Å². The first-order valence-corrected chi connectivity index (χ1v) is 10.3. The Bertz CT molecular complexity index is 1020. The van der Waals surface area contributed by atoms with E-state index in [2.05, 4.69) is 25.1 Å². The molecule has 0 saturated carbocycles. The van der Waals surface area contributed by atoms with Gasteiger partial charge in [0.15, 0.2) is 12.5 Å². The van der Waals surface area contributed by atoms with Crippen LogP contribution in [-0.2, 0) is 6.67 Å². The number of hydrogen-bond donors (Lipinski definition) is 2. The average molecular weight is 416 g/mol. The lowest BCUT2D eigenvalue weighted by Gasteiger charge is -2.26. The number of aliphatic hydroxyl groups is 1. The Morgan fingerprint density at radius 3 is 2.57 bits per heavy atom. The summed E-state index contributed by atoms with van der Waals surface area (Å²) in [7, 11) is 0. The monoisotopic (exact) mass is 415 g/mol. The molecule has 0 spiro atoms. The Labute approximate surface area is 174 Å². The molecule has 146 valence electrons. The van der Waals surface area contributed by atoms with E-state index in [4.69, 9.17) is 28.9 Å². The lowest BCUT2D eigenvalue weighted by atomic mass is 10.1. The molecule has 0 radical (unpaired) electrons. The van der Waals surface area contributed by atoms with Crippen molar-refractivity contribution in [3.63, 3.8) is 0 Å². The molecule has 3 aromatic rings. The summed E-state index contributed by atoms with van der Waals surface area (Å²) >= 11 is 11.9. The van der Waals surface area contributed by atoms with Crippen molar-refractivity contribution in [1.82, 2.24) is 14.3 Å². The zero-order valence-electron chi connectivity index (χ0n) is 15.8. The van der Waals surface area contributed by atoms with Gasteiger partial charge in [0.2, 0.25) is 4.77 Å². The van der Waals surface area contributed by atoms with Gasteiger partial charge in [0.05, 0.1) is 24.9 Å². The van der Waals surface area contributed by atoms with Crippen LogP contribution in [0.5, 0.6) is 0 Å². The predicted molar refractivity (Wildman–Crippen MR) is 114 cm³/mol. The molecule has 0 unspecified atom stereocenters. The van der Waals surface area contributed by atoms with Gasteiger partial charge in [-0.2, -0.15) is 4.68 Å². The van der Waals surface area contributed by atoms with Gasteiger partial charge in [-0.15, -0.1) is 5.10 Å². The number of piperidine rings is 1. The van der Waals surface area contributed by atoms with E-state index in [0.29, 0.717) is 16.5 Å². The van der Waals surface area contributed by atoms with Crippen LogP contribution in [0.25, 0.3) is 17.1 Å². The maximum atomic E-state index is 9.77. The fourth-order valence-electron chi connectivity index (χ4n) is 3.68. The van der Waals surface area contributed by atoms with Gasteiger partial charge >= 0.3 is 0 Å². The molecule has 2 aromatic carbocycles.